The molecule has 1 heterocycles. The topological polar surface area (TPSA) is 47.4 Å². The summed E-state index contributed by atoms with van der Waals surface area (Å²) in [5.74, 6) is 1.54. The lowest BCUT2D eigenvalue weighted by Gasteiger charge is -2.25. The van der Waals surface area contributed by atoms with Crippen molar-refractivity contribution in [2.75, 3.05) is 6.54 Å². The van der Waals surface area contributed by atoms with E-state index in [0.717, 1.165) is 16.9 Å². The van der Waals surface area contributed by atoms with Crippen LogP contribution < -0.4 is 4.74 Å². The predicted molar refractivity (Wildman–Crippen MR) is 136 cm³/mol. The largest absolute Gasteiger partial charge is 0.439 e. The Hall–Kier alpha value is -3.57. The first kappa shape index (κ1) is 23.6. The number of ether oxygens (including phenoxy) is 1. The molecule has 1 aromatic heterocycles. The maximum absolute atomic E-state index is 13.4. The molecular formula is C28H28ClN3O2. The van der Waals surface area contributed by atoms with E-state index in [1.54, 1.807) is 4.68 Å². The monoisotopic (exact) mass is 473 g/mol. The van der Waals surface area contributed by atoms with Gasteiger partial charge >= 0.3 is 0 Å². The van der Waals surface area contributed by atoms with Crippen LogP contribution >= 0.6 is 11.6 Å². The number of carbonyl (C=O) groups is 1. The summed E-state index contributed by atoms with van der Waals surface area (Å²) in [6, 6.07) is 26.4. The lowest BCUT2D eigenvalue weighted by Crippen LogP contribution is -2.34. The third kappa shape index (κ3) is 5.49. The second-order valence-corrected chi connectivity index (χ2v) is 9.06. The number of hydrogen-bond donors (Lipinski definition) is 0. The Morgan fingerprint density at radius 2 is 1.68 bits per heavy atom. The van der Waals surface area contributed by atoms with Crippen molar-refractivity contribution in [1.29, 1.82) is 0 Å². The summed E-state index contributed by atoms with van der Waals surface area (Å²) >= 11 is 6.27. The molecule has 0 atom stereocenters. The van der Waals surface area contributed by atoms with Gasteiger partial charge in [-0.2, -0.15) is 5.10 Å². The molecule has 1 amide bonds. The number of rotatable bonds is 8. The van der Waals surface area contributed by atoms with Crippen molar-refractivity contribution < 1.29 is 9.53 Å². The van der Waals surface area contributed by atoms with Gasteiger partial charge in [0.2, 0.25) is 5.88 Å². The summed E-state index contributed by atoms with van der Waals surface area (Å²) in [5, 5.41) is 5.39. The summed E-state index contributed by atoms with van der Waals surface area (Å²) in [6.07, 6.45) is 0. The smallest absolute Gasteiger partial charge is 0.254 e. The molecule has 4 rings (SSSR count). The molecule has 0 fully saturated rings. The van der Waals surface area contributed by atoms with Crippen molar-refractivity contribution >= 4 is 17.5 Å². The highest BCUT2D eigenvalue weighted by Gasteiger charge is 2.25. The van der Waals surface area contributed by atoms with Crippen LogP contribution in [0.25, 0.3) is 5.69 Å². The molecule has 0 bridgehead atoms. The van der Waals surface area contributed by atoms with E-state index in [4.69, 9.17) is 21.4 Å². The highest BCUT2D eigenvalue weighted by Crippen LogP contribution is 2.32. The number of carbonyl (C=O) groups excluding carboxylic acids is 1. The highest BCUT2D eigenvalue weighted by molar-refractivity contribution is 6.30. The molecule has 3 aromatic carbocycles. The minimum atomic E-state index is -0.0186. The van der Waals surface area contributed by atoms with Crippen LogP contribution in [0.15, 0.2) is 84.9 Å². The molecule has 0 aliphatic carbocycles. The number of para-hydroxylation sites is 1. The van der Waals surface area contributed by atoms with E-state index >= 15 is 0 Å². The molecule has 0 aliphatic rings. The number of nitrogens with zero attached hydrogens (tertiary/aromatic N) is 3. The molecule has 5 nitrogen and oxygen atoms in total. The van der Waals surface area contributed by atoms with Gasteiger partial charge in [-0.1, -0.05) is 67.9 Å². The zero-order valence-electron chi connectivity index (χ0n) is 19.6. The van der Waals surface area contributed by atoms with Gasteiger partial charge in [-0.25, -0.2) is 4.68 Å². The summed E-state index contributed by atoms with van der Waals surface area (Å²) in [5.41, 5.74) is 3.10. The fourth-order valence-electron chi connectivity index (χ4n) is 3.82. The first-order chi connectivity index (χ1) is 16.4. The van der Waals surface area contributed by atoms with Crippen LogP contribution in [0.5, 0.6) is 11.6 Å². The van der Waals surface area contributed by atoms with E-state index in [1.807, 2.05) is 96.8 Å². The van der Waals surface area contributed by atoms with Crippen LogP contribution in [-0.4, -0.2) is 27.1 Å². The second kappa shape index (κ2) is 10.6. The molecule has 4 aromatic rings. The van der Waals surface area contributed by atoms with Crippen molar-refractivity contribution in [3.8, 4) is 17.3 Å². The minimum absolute atomic E-state index is 0.0186. The number of aryl methyl sites for hydroxylation is 1. The maximum Gasteiger partial charge on any atom is 0.254 e. The lowest BCUT2D eigenvalue weighted by molar-refractivity contribution is 0.0721. The van der Waals surface area contributed by atoms with E-state index in [9.17, 15) is 4.79 Å². The van der Waals surface area contributed by atoms with Crippen LogP contribution in [0.3, 0.4) is 0 Å². The van der Waals surface area contributed by atoms with Crippen molar-refractivity contribution in [2.45, 2.75) is 27.3 Å². The fraction of sp³-hybridized carbons (Fsp3) is 0.214. The third-order valence-corrected chi connectivity index (χ3v) is 5.63. The third-order valence-electron chi connectivity index (χ3n) is 5.39. The second-order valence-electron chi connectivity index (χ2n) is 8.62. The number of halogens is 1. The average molecular weight is 474 g/mol. The molecule has 174 valence electrons. The number of hydrogen-bond acceptors (Lipinski definition) is 3. The van der Waals surface area contributed by atoms with E-state index < -0.39 is 0 Å². The van der Waals surface area contributed by atoms with E-state index in [0.29, 0.717) is 41.2 Å². The van der Waals surface area contributed by atoms with Gasteiger partial charge in [-0.15, -0.1) is 0 Å². The van der Waals surface area contributed by atoms with Crippen molar-refractivity contribution in [2.24, 2.45) is 5.92 Å². The highest BCUT2D eigenvalue weighted by atomic mass is 35.5. The summed E-state index contributed by atoms with van der Waals surface area (Å²) in [4.78, 5) is 15.3. The van der Waals surface area contributed by atoms with Crippen molar-refractivity contribution in [3.63, 3.8) is 0 Å². The minimum Gasteiger partial charge on any atom is -0.439 e. The van der Waals surface area contributed by atoms with Crippen LogP contribution in [0, 0.1) is 12.8 Å². The van der Waals surface area contributed by atoms with Crippen molar-refractivity contribution in [3.05, 3.63) is 107 Å². The van der Waals surface area contributed by atoms with Gasteiger partial charge in [0.1, 0.15) is 5.75 Å². The Bertz CT molecular complexity index is 1250. The Morgan fingerprint density at radius 1 is 1.00 bits per heavy atom. The van der Waals surface area contributed by atoms with Gasteiger partial charge in [0.15, 0.2) is 0 Å². The average Bonchev–Trinajstić information content (AvgIpc) is 3.14. The van der Waals surface area contributed by atoms with E-state index in [1.165, 1.54) is 0 Å². The Labute approximate surface area is 205 Å². The van der Waals surface area contributed by atoms with E-state index in [-0.39, 0.29) is 5.91 Å². The van der Waals surface area contributed by atoms with Crippen LogP contribution in [0.1, 0.15) is 35.5 Å². The predicted octanol–water partition coefficient (Wildman–Crippen LogP) is 6.92. The SMILES string of the molecule is Cc1nn(-c2cccc(Cl)c2)c(Oc2ccccc2)c1CN(CC(C)C)C(=O)c1ccccc1. The normalized spacial score (nSPS) is 11.0. The zero-order chi connectivity index (χ0) is 24.1. The molecular weight excluding hydrogens is 446 g/mol. The Morgan fingerprint density at radius 3 is 2.32 bits per heavy atom. The van der Waals surface area contributed by atoms with Crippen LogP contribution in [0.2, 0.25) is 5.02 Å². The molecule has 0 radical (unpaired) electrons. The lowest BCUT2D eigenvalue weighted by atomic mass is 10.1. The van der Waals surface area contributed by atoms with Gasteiger partial charge in [0, 0.05) is 17.1 Å². The molecule has 0 aliphatic heterocycles. The Balaban J connectivity index is 1.78. The number of amides is 1. The first-order valence-electron chi connectivity index (χ1n) is 11.3. The molecule has 0 spiro atoms. The molecule has 34 heavy (non-hydrogen) atoms. The number of benzene rings is 3. The van der Waals surface area contributed by atoms with E-state index in [2.05, 4.69) is 13.8 Å². The quantitative estimate of drug-likeness (QED) is 0.279. The van der Waals surface area contributed by atoms with Gasteiger partial charge in [0.05, 0.1) is 23.5 Å². The summed E-state index contributed by atoms with van der Waals surface area (Å²) in [6.45, 7) is 7.14. The molecule has 6 heteroatoms. The van der Waals surface area contributed by atoms with Gasteiger partial charge in [-0.05, 0) is 55.3 Å². The van der Waals surface area contributed by atoms with Gasteiger partial charge in [0.25, 0.3) is 5.91 Å². The Kier molecular flexibility index (Phi) is 7.33. The standard InChI is InChI=1S/C28H28ClN3O2/c1-20(2)18-31(27(33)22-11-6-4-7-12-22)19-26-21(3)30-32(24-14-10-13-23(29)17-24)28(26)34-25-15-8-5-9-16-25/h4-17,20H,18-19H2,1-3H3. The summed E-state index contributed by atoms with van der Waals surface area (Å²) in [7, 11) is 0. The van der Waals surface area contributed by atoms with Crippen LogP contribution in [0.4, 0.5) is 0 Å². The molecule has 0 saturated carbocycles. The van der Waals surface area contributed by atoms with Gasteiger partial charge < -0.3 is 9.64 Å². The van der Waals surface area contributed by atoms with Crippen LogP contribution in [-0.2, 0) is 6.54 Å². The molecule has 0 unspecified atom stereocenters. The summed E-state index contributed by atoms with van der Waals surface area (Å²) < 4.78 is 8.12. The van der Waals surface area contributed by atoms with Crippen molar-refractivity contribution in [1.82, 2.24) is 14.7 Å². The maximum atomic E-state index is 13.4. The number of aromatic nitrogens is 2. The molecule has 0 saturated heterocycles. The fourth-order valence-corrected chi connectivity index (χ4v) is 4.01. The first-order valence-corrected chi connectivity index (χ1v) is 11.7. The molecule has 0 N–H and O–H groups in total. The zero-order valence-corrected chi connectivity index (χ0v) is 20.4. The van der Waals surface area contributed by atoms with Gasteiger partial charge in [-0.3, -0.25) is 4.79 Å².